The minimum atomic E-state index is -0.707. The number of rotatable bonds is 3. The van der Waals surface area contributed by atoms with Crippen molar-refractivity contribution in [1.29, 1.82) is 5.26 Å². The van der Waals surface area contributed by atoms with Crippen molar-refractivity contribution in [1.82, 2.24) is 5.32 Å². The van der Waals surface area contributed by atoms with E-state index in [-0.39, 0.29) is 5.91 Å². The number of hydrogen-bond donors (Lipinski definition) is 1. The van der Waals surface area contributed by atoms with Crippen LogP contribution in [0, 0.1) is 22.7 Å². The maximum atomic E-state index is 12.3. The number of carbonyl (C=O) groups excluding carboxylic acids is 1. The Morgan fingerprint density at radius 2 is 1.89 bits per heavy atom. The minimum absolute atomic E-state index is 0.00227. The normalized spacial score (nSPS) is 30.7. The van der Waals surface area contributed by atoms with E-state index in [2.05, 4.69) is 18.3 Å². The van der Waals surface area contributed by atoms with E-state index < -0.39 is 5.41 Å². The lowest BCUT2D eigenvalue weighted by Gasteiger charge is -2.30. The minimum Gasteiger partial charge on any atom is -0.352 e. The molecule has 3 heteroatoms. The molecule has 2 aliphatic rings. The first-order valence-electron chi connectivity index (χ1n) is 7.42. The highest BCUT2D eigenvalue weighted by Crippen LogP contribution is 2.38. The van der Waals surface area contributed by atoms with Gasteiger partial charge in [-0.2, -0.15) is 5.26 Å². The summed E-state index contributed by atoms with van der Waals surface area (Å²) in [7, 11) is 0. The molecule has 3 nitrogen and oxygen atoms in total. The molecular formula is C15H24N2O. The molecule has 0 aromatic carbocycles. The van der Waals surface area contributed by atoms with Gasteiger partial charge < -0.3 is 5.32 Å². The molecule has 18 heavy (non-hydrogen) atoms. The van der Waals surface area contributed by atoms with Crippen LogP contribution in [0.2, 0.25) is 0 Å². The highest BCUT2D eigenvalue weighted by Gasteiger charge is 2.42. The SMILES string of the molecule is CCC1CCC(NC(=O)C2(C#N)CCCC2)CC1. The second-order valence-electron chi connectivity index (χ2n) is 6.00. The molecule has 0 bridgehead atoms. The van der Waals surface area contributed by atoms with E-state index in [1.54, 1.807) is 0 Å². The monoisotopic (exact) mass is 248 g/mol. The zero-order chi connectivity index (χ0) is 13.0. The number of amides is 1. The quantitative estimate of drug-likeness (QED) is 0.834. The van der Waals surface area contributed by atoms with Gasteiger partial charge >= 0.3 is 0 Å². The summed E-state index contributed by atoms with van der Waals surface area (Å²) in [5.74, 6) is 0.844. The summed E-state index contributed by atoms with van der Waals surface area (Å²) < 4.78 is 0. The van der Waals surface area contributed by atoms with E-state index in [1.165, 1.54) is 19.3 Å². The van der Waals surface area contributed by atoms with Crippen LogP contribution in [0.3, 0.4) is 0 Å². The van der Waals surface area contributed by atoms with Crippen molar-refractivity contribution in [2.75, 3.05) is 0 Å². The summed E-state index contributed by atoms with van der Waals surface area (Å²) in [5, 5.41) is 12.4. The number of carbonyl (C=O) groups is 1. The molecule has 100 valence electrons. The average molecular weight is 248 g/mol. The molecule has 0 spiro atoms. The van der Waals surface area contributed by atoms with Crippen LogP contribution in [0.15, 0.2) is 0 Å². The van der Waals surface area contributed by atoms with Gasteiger partial charge in [0.05, 0.1) is 6.07 Å². The first-order valence-corrected chi connectivity index (χ1v) is 7.42. The third kappa shape index (κ3) is 2.68. The zero-order valence-electron chi connectivity index (χ0n) is 11.4. The van der Waals surface area contributed by atoms with E-state index in [9.17, 15) is 10.1 Å². The molecule has 1 N–H and O–H groups in total. The van der Waals surface area contributed by atoms with Crippen LogP contribution in [0.25, 0.3) is 0 Å². The lowest BCUT2D eigenvalue weighted by atomic mass is 9.82. The summed E-state index contributed by atoms with van der Waals surface area (Å²) in [6.07, 6.45) is 9.41. The van der Waals surface area contributed by atoms with Gasteiger partial charge in [-0.3, -0.25) is 4.79 Å². The van der Waals surface area contributed by atoms with Crippen molar-refractivity contribution in [3.63, 3.8) is 0 Å². The average Bonchev–Trinajstić information content (AvgIpc) is 2.89. The number of hydrogen-bond acceptors (Lipinski definition) is 2. The Kier molecular flexibility index (Phi) is 4.27. The van der Waals surface area contributed by atoms with Crippen molar-refractivity contribution in [3.05, 3.63) is 0 Å². The lowest BCUT2D eigenvalue weighted by molar-refractivity contribution is -0.129. The van der Waals surface area contributed by atoms with E-state index in [0.29, 0.717) is 6.04 Å². The molecule has 0 aromatic rings. The molecule has 0 atom stereocenters. The molecule has 2 aliphatic carbocycles. The van der Waals surface area contributed by atoms with Crippen molar-refractivity contribution >= 4 is 5.91 Å². The number of nitrogens with one attached hydrogen (secondary N) is 1. The van der Waals surface area contributed by atoms with Crippen LogP contribution in [0.4, 0.5) is 0 Å². The van der Waals surface area contributed by atoms with Crippen molar-refractivity contribution in [2.45, 2.75) is 70.8 Å². The van der Waals surface area contributed by atoms with Gasteiger partial charge in [0.2, 0.25) is 5.91 Å². The molecule has 2 rings (SSSR count). The van der Waals surface area contributed by atoms with E-state index in [0.717, 1.165) is 44.4 Å². The van der Waals surface area contributed by atoms with Crippen molar-refractivity contribution < 1.29 is 4.79 Å². The number of nitriles is 1. The Balaban J connectivity index is 1.86. The molecule has 0 unspecified atom stereocenters. The fraction of sp³-hybridized carbons (Fsp3) is 0.867. The Labute approximate surface area is 110 Å². The third-order valence-corrected chi connectivity index (χ3v) is 4.87. The smallest absolute Gasteiger partial charge is 0.240 e. The first-order chi connectivity index (χ1) is 8.70. The van der Waals surface area contributed by atoms with Crippen LogP contribution in [-0.4, -0.2) is 11.9 Å². The molecule has 0 aromatic heterocycles. The van der Waals surface area contributed by atoms with Gasteiger partial charge in [-0.05, 0) is 44.4 Å². The van der Waals surface area contributed by atoms with Crippen LogP contribution < -0.4 is 5.32 Å². The maximum Gasteiger partial charge on any atom is 0.240 e. The molecule has 0 aliphatic heterocycles. The summed E-state index contributed by atoms with van der Waals surface area (Å²) in [6.45, 7) is 2.24. The first kappa shape index (κ1) is 13.4. The standard InChI is InChI=1S/C15H24N2O/c1-2-12-5-7-13(8-6-12)17-14(18)15(11-16)9-3-4-10-15/h12-13H,2-10H2,1H3,(H,17,18). The van der Waals surface area contributed by atoms with Crippen LogP contribution in [0.5, 0.6) is 0 Å². The van der Waals surface area contributed by atoms with E-state index in [4.69, 9.17) is 0 Å². The van der Waals surface area contributed by atoms with Crippen molar-refractivity contribution in [2.24, 2.45) is 11.3 Å². The second kappa shape index (κ2) is 5.73. The summed E-state index contributed by atoms with van der Waals surface area (Å²) >= 11 is 0. The predicted octanol–water partition coefficient (Wildman–Crippen LogP) is 3.16. The highest BCUT2D eigenvalue weighted by molar-refractivity contribution is 5.85. The Morgan fingerprint density at radius 3 is 2.39 bits per heavy atom. The van der Waals surface area contributed by atoms with Gasteiger partial charge in [-0.1, -0.05) is 26.2 Å². The predicted molar refractivity (Wildman–Crippen MR) is 70.7 cm³/mol. The van der Waals surface area contributed by atoms with Crippen LogP contribution in [-0.2, 0) is 4.79 Å². The van der Waals surface area contributed by atoms with Gasteiger partial charge in [-0.15, -0.1) is 0 Å². The Morgan fingerprint density at radius 1 is 1.28 bits per heavy atom. The second-order valence-corrected chi connectivity index (χ2v) is 6.00. The zero-order valence-corrected chi connectivity index (χ0v) is 11.4. The van der Waals surface area contributed by atoms with Gasteiger partial charge in [0.1, 0.15) is 5.41 Å². The Bertz CT molecular complexity index is 331. The number of nitrogens with zero attached hydrogens (tertiary/aromatic N) is 1. The van der Waals surface area contributed by atoms with E-state index in [1.807, 2.05) is 0 Å². The van der Waals surface area contributed by atoms with Gasteiger partial charge in [0, 0.05) is 6.04 Å². The van der Waals surface area contributed by atoms with Crippen LogP contribution in [0.1, 0.15) is 64.7 Å². The van der Waals surface area contributed by atoms with Gasteiger partial charge in [-0.25, -0.2) is 0 Å². The Hall–Kier alpha value is -1.04. The molecule has 2 saturated carbocycles. The fourth-order valence-corrected chi connectivity index (χ4v) is 3.41. The lowest BCUT2D eigenvalue weighted by Crippen LogP contribution is -2.45. The molecule has 0 saturated heterocycles. The van der Waals surface area contributed by atoms with Crippen LogP contribution >= 0.6 is 0 Å². The summed E-state index contributed by atoms with van der Waals surface area (Å²) in [5.41, 5.74) is -0.707. The molecule has 0 heterocycles. The van der Waals surface area contributed by atoms with E-state index >= 15 is 0 Å². The molecular weight excluding hydrogens is 224 g/mol. The van der Waals surface area contributed by atoms with Crippen molar-refractivity contribution in [3.8, 4) is 6.07 Å². The maximum absolute atomic E-state index is 12.3. The highest BCUT2D eigenvalue weighted by atomic mass is 16.2. The topological polar surface area (TPSA) is 52.9 Å². The van der Waals surface area contributed by atoms with Gasteiger partial charge in [0.15, 0.2) is 0 Å². The molecule has 1 amide bonds. The largest absolute Gasteiger partial charge is 0.352 e. The third-order valence-electron chi connectivity index (χ3n) is 4.87. The summed E-state index contributed by atoms with van der Waals surface area (Å²) in [6, 6.07) is 2.59. The van der Waals surface area contributed by atoms with Gasteiger partial charge in [0.25, 0.3) is 0 Å². The summed E-state index contributed by atoms with van der Waals surface area (Å²) in [4.78, 5) is 12.3. The molecule has 0 radical (unpaired) electrons. The fourth-order valence-electron chi connectivity index (χ4n) is 3.41. The molecule has 2 fully saturated rings.